The minimum atomic E-state index is 0.284. The van der Waals surface area contributed by atoms with E-state index in [0.717, 1.165) is 42.5 Å². The molecule has 128 valence electrons. The van der Waals surface area contributed by atoms with Crippen LogP contribution >= 0.6 is 0 Å². The Bertz CT molecular complexity index is 701. The molecule has 1 aromatic heterocycles. The monoisotopic (exact) mass is 327 g/mol. The van der Waals surface area contributed by atoms with E-state index in [-0.39, 0.29) is 6.04 Å². The van der Waals surface area contributed by atoms with Crippen molar-refractivity contribution in [2.45, 2.75) is 57.5 Å². The topological polar surface area (TPSA) is 101 Å². The highest BCUT2D eigenvalue weighted by Gasteiger charge is 2.25. The van der Waals surface area contributed by atoms with Gasteiger partial charge in [0.2, 0.25) is 11.7 Å². The van der Waals surface area contributed by atoms with Crippen molar-refractivity contribution in [3.63, 3.8) is 0 Å². The van der Waals surface area contributed by atoms with Crippen molar-refractivity contribution in [3.8, 4) is 11.4 Å². The van der Waals surface area contributed by atoms with E-state index in [1.807, 2.05) is 18.2 Å². The van der Waals surface area contributed by atoms with Gasteiger partial charge < -0.3 is 21.0 Å². The van der Waals surface area contributed by atoms with Gasteiger partial charge in [-0.05, 0) is 45.6 Å². The predicted octanol–water partition coefficient (Wildman–Crippen LogP) is 3.54. The van der Waals surface area contributed by atoms with Gasteiger partial charge in [-0.25, -0.2) is 0 Å². The zero-order chi connectivity index (χ0) is 17.1. The third-order valence-corrected chi connectivity index (χ3v) is 4.47. The van der Waals surface area contributed by atoms with Crippen LogP contribution < -0.4 is 11.1 Å². The Kier molecular flexibility index (Phi) is 4.94. The molecule has 1 fully saturated rings. The van der Waals surface area contributed by atoms with Crippen molar-refractivity contribution < 1.29 is 4.52 Å². The van der Waals surface area contributed by atoms with Gasteiger partial charge in [-0.2, -0.15) is 4.98 Å². The van der Waals surface area contributed by atoms with E-state index in [9.17, 15) is 0 Å². The van der Waals surface area contributed by atoms with Gasteiger partial charge in [0.05, 0.1) is 0 Å². The first-order valence-corrected chi connectivity index (χ1v) is 8.57. The first kappa shape index (κ1) is 16.6. The molecular weight excluding hydrogens is 302 g/mol. The zero-order valence-corrected chi connectivity index (χ0v) is 14.2. The van der Waals surface area contributed by atoms with Crippen molar-refractivity contribution in [1.29, 1.82) is 5.41 Å². The van der Waals surface area contributed by atoms with E-state index in [1.54, 1.807) is 0 Å². The molecule has 0 bridgehead atoms. The maximum absolute atomic E-state index is 7.53. The molecule has 6 nitrogen and oxygen atoms in total. The maximum Gasteiger partial charge on any atom is 0.230 e. The van der Waals surface area contributed by atoms with Crippen molar-refractivity contribution >= 4 is 11.9 Å². The van der Waals surface area contributed by atoms with E-state index >= 15 is 0 Å². The summed E-state index contributed by atoms with van der Waals surface area (Å²) in [5, 5.41) is 15.0. The Morgan fingerprint density at radius 1 is 1.29 bits per heavy atom. The van der Waals surface area contributed by atoms with Crippen molar-refractivity contribution in [3.05, 3.63) is 29.7 Å². The van der Waals surface area contributed by atoms with Crippen molar-refractivity contribution in [2.24, 2.45) is 5.73 Å². The molecule has 1 aliphatic rings. The van der Waals surface area contributed by atoms with Crippen LogP contribution in [-0.2, 0) is 0 Å². The molecule has 4 N–H and O–H groups in total. The summed E-state index contributed by atoms with van der Waals surface area (Å²) in [5.41, 5.74) is 8.61. The Hall–Kier alpha value is -2.21. The van der Waals surface area contributed by atoms with E-state index in [2.05, 4.69) is 29.3 Å². The molecular formula is C18H25N5O. The Balaban J connectivity index is 1.83. The molecule has 0 atom stereocenters. The lowest BCUT2D eigenvalue weighted by molar-refractivity contribution is 0.301. The first-order chi connectivity index (χ1) is 11.6. The van der Waals surface area contributed by atoms with Gasteiger partial charge in [0.25, 0.3) is 0 Å². The van der Waals surface area contributed by atoms with E-state index in [4.69, 9.17) is 15.7 Å². The summed E-state index contributed by atoms with van der Waals surface area (Å²) in [7, 11) is 0. The molecule has 0 aliphatic heterocycles. The summed E-state index contributed by atoms with van der Waals surface area (Å²) in [6, 6.07) is 6.40. The lowest BCUT2D eigenvalue weighted by Gasteiger charge is -2.22. The van der Waals surface area contributed by atoms with E-state index in [0.29, 0.717) is 23.7 Å². The number of rotatable bonds is 5. The first-order valence-electron chi connectivity index (χ1n) is 8.57. The van der Waals surface area contributed by atoms with Gasteiger partial charge in [0, 0.05) is 41.0 Å². The number of anilines is 1. The average molecular weight is 327 g/mol. The minimum absolute atomic E-state index is 0.284. The van der Waals surface area contributed by atoms with Crippen LogP contribution in [0, 0.1) is 5.41 Å². The van der Waals surface area contributed by atoms with Crippen LogP contribution in [0.25, 0.3) is 11.4 Å². The smallest absolute Gasteiger partial charge is 0.230 e. The molecule has 0 amide bonds. The highest BCUT2D eigenvalue weighted by atomic mass is 16.5. The van der Waals surface area contributed by atoms with Gasteiger partial charge in [-0.15, -0.1) is 0 Å². The molecule has 3 rings (SSSR count). The minimum Gasteiger partial charge on any atom is -0.382 e. The van der Waals surface area contributed by atoms with Crippen LogP contribution in [0.2, 0.25) is 0 Å². The van der Waals surface area contributed by atoms with Crippen molar-refractivity contribution in [1.82, 2.24) is 10.1 Å². The number of hydrogen-bond donors (Lipinski definition) is 3. The summed E-state index contributed by atoms with van der Waals surface area (Å²) in [4.78, 5) is 4.60. The normalized spacial score (nSPS) is 21.0. The van der Waals surface area contributed by atoms with Crippen LogP contribution in [0.1, 0.15) is 56.9 Å². The summed E-state index contributed by atoms with van der Waals surface area (Å²) in [6.07, 6.45) is 5.39. The largest absolute Gasteiger partial charge is 0.382 e. The standard InChI is InChI=1S/C18H25N5O/c1-11(2)21-16-9-13(3-4-14(16)10-19)17-22-18(24-23-17)12-5-7-15(20)8-6-12/h3-4,9-12,15,19,21H,5-8,20H2,1-2H3. The Morgan fingerprint density at radius 3 is 2.71 bits per heavy atom. The van der Waals surface area contributed by atoms with Gasteiger partial charge in [-0.1, -0.05) is 17.3 Å². The summed E-state index contributed by atoms with van der Waals surface area (Å²) in [6.45, 7) is 4.14. The van der Waals surface area contributed by atoms with Gasteiger partial charge in [-0.3, -0.25) is 0 Å². The highest BCUT2D eigenvalue weighted by molar-refractivity contribution is 5.87. The highest BCUT2D eigenvalue weighted by Crippen LogP contribution is 2.32. The second kappa shape index (κ2) is 7.13. The molecule has 0 unspecified atom stereocenters. The molecule has 1 heterocycles. The second-order valence-electron chi connectivity index (χ2n) is 6.81. The Morgan fingerprint density at radius 2 is 2.04 bits per heavy atom. The summed E-state index contributed by atoms with van der Waals surface area (Å²) in [5.74, 6) is 1.63. The second-order valence-corrected chi connectivity index (χ2v) is 6.81. The SMILES string of the molecule is CC(C)Nc1cc(-c2noc(C3CCC(N)CC3)n2)ccc1C=N. The van der Waals surface area contributed by atoms with E-state index in [1.165, 1.54) is 6.21 Å². The van der Waals surface area contributed by atoms with Gasteiger partial charge in [0.15, 0.2) is 0 Å². The number of nitrogens with two attached hydrogens (primary N) is 1. The number of nitrogens with one attached hydrogen (secondary N) is 2. The van der Waals surface area contributed by atoms with E-state index < -0.39 is 0 Å². The third kappa shape index (κ3) is 3.64. The molecule has 24 heavy (non-hydrogen) atoms. The van der Waals surface area contributed by atoms with Crippen LogP contribution in [0.3, 0.4) is 0 Å². The lowest BCUT2D eigenvalue weighted by Crippen LogP contribution is -2.25. The summed E-state index contributed by atoms with van der Waals surface area (Å²) >= 11 is 0. The number of nitrogens with zero attached hydrogens (tertiary/aromatic N) is 2. The van der Waals surface area contributed by atoms with Crippen LogP contribution in [0.15, 0.2) is 22.7 Å². The molecule has 0 saturated heterocycles. The fraction of sp³-hybridized carbons (Fsp3) is 0.500. The third-order valence-electron chi connectivity index (χ3n) is 4.47. The fourth-order valence-corrected chi connectivity index (χ4v) is 3.14. The fourth-order valence-electron chi connectivity index (χ4n) is 3.14. The Labute approximate surface area is 142 Å². The maximum atomic E-state index is 7.53. The molecule has 0 radical (unpaired) electrons. The van der Waals surface area contributed by atoms with Crippen LogP contribution in [0.4, 0.5) is 5.69 Å². The van der Waals surface area contributed by atoms with Crippen molar-refractivity contribution in [2.75, 3.05) is 5.32 Å². The number of aromatic nitrogens is 2. The molecule has 1 aromatic carbocycles. The number of hydrogen-bond acceptors (Lipinski definition) is 6. The number of benzene rings is 1. The molecule has 6 heteroatoms. The summed E-state index contributed by atoms with van der Waals surface area (Å²) < 4.78 is 5.50. The molecule has 0 spiro atoms. The predicted molar refractivity (Wildman–Crippen MR) is 95.6 cm³/mol. The average Bonchev–Trinajstić information content (AvgIpc) is 3.05. The van der Waals surface area contributed by atoms with Gasteiger partial charge in [0.1, 0.15) is 0 Å². The van der Waals surface area contributed by atoms with Crippen LogP contribution in [-0.4, -0.2) is 28.4 Å². The quantitative estimate of drug-likeness (QED) is 0.729. The molecule has 1 aliphatic carbocycles. The zero-order valence-electron chi connectivity index (χ0n) is 14.2. The molecule has 1 saturated carbocycles. The van der Waals surface area contributed by atoms with Crippen LogP contribution in [0.5, 0.6) is 0 Å². The molecule has 2 aromatic rings. The lowest BCUT2D eigenvalue weighted by atomic mass is 9.86. The van der Waals surface area contributed by atoms with Gasteiger partial charge >= 0.3 is 0 Å².